The van der Waals surface area contributed by atoms with Gasteiger partial charge in [0.05, 0.1) is 6.61 Å². The minimum atomic E-state index is 0.0314. The molecule has 0 aliphatic rings. The zero-order valence-electron chi connectivity index (χ0n) is 10.9. The van der Waals surface area contributed by atoms with Gasteiger partial charge in [-0.15, -0.1) is 0 Å². The number of nitrogens with zero attached hydrogens (tertiary/aromatic N) is 2. The maximum atomic E-state index is 5.66. The Labute approximate surface area is 103 Å². The van der Waals surface area contributed by atoms with Crippen molar-refractivity contribution in [3.05, 3.63) is 12.3 Å². The highest BCUT2D eigenvalue weighted by Gasteiger charge is 2.15. The number of ether oxygens (including phenoxy) is 1. The van der Waals surface area contributed by atoms with Crippen LogP contribution in [0.15, 0.2) is 12.3 Å². The molecule has 0 bridgehead atoms. The SMILES string of the molecule is CCCOc1ccnc(NCC(C)(C)CN)n1. The number of hydrogen-bond acceptors (Lipinski definition) is 5. The van der Waals surface area contributed by atoms with Crippen LogP contribution in [0.3, 0.4) is 0 Å². The van der Waals surface area contributed by atoms with E-state index in [2.05, 4.69) is 36.1 Å². The van der Waals surface area contributed by atoms with Gasteiger partial charge in [0.25, 0.3) is 0 Å². The number of anilines is 1. The second-order valence-corrected chi connectivity index (χ2v) is 4.79. The molecule has 17 heavy (non-hydrogen) atoms. The summed E-state index contributed by atoms with van der Waals surface area (Å²) in [6, 6.07) is 1.76. The summed E-state index contributed by atoms with van der Waals surface area (Å²) in [6.45, 7) is 8.27. The quantitative estimate of drug-likeness (QED) is 0.756. The van der Waals surface area contributed by atoms with Crippen LogP contribution in [0.2, 0.25) is 0 Å². The Balaban J connectivity index is 2.53. The second kappa shape index (κ2) is 6.39. The molecule has 0 aliphatic carbocycles. The first-order valence-electron chi connectivity index (χ1n) is 5.97. The molecule has 0 saturated carbocycles. The second-order valence-electron chi connectivity index (χ2n) is 4.79. The van der Waals surface area contributed by atoms with Gasteiger partial charge in [-0.25, -0.2) is 4.98 Å². The summed E-state index contributed by atoms with van der Waals surface area (Å²) in [4.78, 5) is 8.40. The molecule has 0 atom stereocenters. The third-order valence-corrected chi connectivity index (χ3v) is 2.36. The summed E-state index contributed by atoms with van der Waals surface area (Å²) in [7, 11) is 0. The fourth-order valence-corrected chi connectivity index (χ4v) is 1.10. The van der Waals surface area contributed by atoms with Crippen molar-refractivity contribution in [3.63, 3.8) is 0 Å². The maximum Gasteiger partial charge on any atom is 0.225 e. The Bertz CT molecular complexity index is 341. The molecule has 0 fully saturated rings. The normalized spacial score (nSPS) is 11.3. The van der Waals surface area contributed by atoms with Crippen molar-refractivity contribution in [1.29, 1.82) is 0 Å². The van der Waals surface area contributed by atoms with Crippen molar-refractivity contribution in [2.24, 2.45) is 11.1 Å². The lowest BCUT2D eigenvalue weighted by atomic mass is 9.94. The monoisotopic (exact) mass is 238 g/mol. The zero-order chi connectivity index (χ0) is 12.7. The summed E-state index contributed by atoms with van der Waals surface area (Å²) < 4.78 is 5.44. The van der Waals surface area contributed by atoms with Crippen molar-refractivity contribution in [2.75, 3.05) is 25.0 Å². The van der Waals surface area contributed by atoms with E-state index >= 15 is 0 Å². The average Bonchev–Trinajstić information content (AvgIpc) is 2.35. The molecule has 0 amide bonds. The van der Waals surface area contributed by atoms with Gasteiger partial charge in [-0.1, -0.05) is 20.8 Å². The van der Waals surface area contributed by atoms with Crippen LogP contribution in [-0.4, -0.2) is 29.7 Å². The summed E-state index contributed by atoms with van der Waals surface area (Å²) in [5.74, 6) is 1.19. The van der Waals surface area contributed by atoms with Crippen LogP contribution < -0.4 is 15.8 Å². The first kappa shape index (κ1) is 13.7. The predicted molar refractivity (Wildman–Crippen MR) is 69.1 cm³/mol. The van der Waals surface area contributed by atoms with Crippen LogP contribution in [0.25, 0.3) is 0 Å². The van der Waals surface area contributed by atoms with Crippen molar-refractivity contribution in [2.45, 2.75) is 27.2 Å². The molecule has 0 radical (unpaired) electrons. The van der Waals surface area contributed by atoms with Gasteiger partial charge < -0.3 is 15.8 Å². The summed E-state index contributed by atoms with van der Waals surface area (Å²) in [5, 5.41) is 3.17. The molecule has 1 aromatic rings. The van der Waals surface area contributed by atoms with Crippen LogP contribution in [0, 0.1) is 5.41 Å². The van der Waals surface area contributed by atoms with Crippen molar-refractivity contribution >= 4 is 5.95 Å². The minimum Gasteiger partial charge on any atom is -0.478 e. The Morgan fingerprint density at radius 3 is 2.88 bits per heavy atom. The van der Waals surface area contributed by atoms with E-state index in [1.54, 1.807) is 12.3 Å². The van der Waals surface area contributed by atoms with Gasteiger partial charge in [0, 0.05) is 18.8 Å². The van der Waals surface area contributed by atoms with E-state index in [4.69, 9.17) is 10.5 Å². The number of hydrogen-bond donors (Lipinski definition) is 2. The van der Waals surface area contributed by atoms with Gasteiger partial charge >= 0.3 is 0 Å². The molecule has 0 spiro atoms. The largest absolute Gasteiger partial charge is 0.478 e. The van der Waals surface area contributed by atoms with Gasteiger partial charge in [0.2, 0.25) is 11.8 Å². The molecule has 3 N–H and O–H groups in total. The van der Waals surface area contributed by atoms with Crippen molar-refractivity contribution < 1.29 is 4.74 Å². The highest BCUT2D eigenvalue weighted by molar-refractivity contribution is 5.27. The van der Waals surface area contributed by atoms with Crippen LogP contribution in [0.4, 0.5) is 5.95 Å². The standard InChI is InChI=1S/C12H22N4O/c1-4-7-17-10-5-6-14-11(16-10)15-9-12(2,3)8-13/h5-6H,4,7-9,13H2,1-3H3,(H,14,15,16). The third kappa shape index (κ3) is 4.99. The third-order valence-electron chi connectivity index (χ3n) is 2.36. The Morgan fingerprint density at radius 2 is 2.24 bits per heavy atom. The molecule has 5 heteroatoms. The van der Waals surface area contributed by atoms with Crippen LogP contribution >= 0.6 is 0 Å². The number of aromatic nitrogens is 2. The lowest BCUT2D eigenvalue weighted by Crippen LogP contribution is -2.31. The number of nitrogens with one attached hydrogen (secondary N) is 1. The minimum absolute atomic E-state index is 0.0314. The van der Waals surface area contributed by atoms with E-state index in [1.807, 2.05) is 0 Å². The molecule has 5 nitrogen and oxygen atoms in total. The number of rotatable bonds is 7. The summed E-state index contributed by atoms with van der Waals surface area (Å²) in [5.41, 5.74) is 5.69. The molecule has 1 aromatic heterocycles. The first-order chi connectivity index (χ1) is 8.07. The highest BCUT2D eigenvalue weighted by atomic mass is 16.5. The lowest BCUT2D eigenvalue weighted by Gasteiger charge is -2.22. The van der Waals surface area contributed by atoms with Gasteiger partial charge in [0.15, 0.2) is 0 Å². The zero-order valence-corrected chi connectivity index (χ0v) is 10.9. The molecule has 96 valence electrons. The first-order valence-corrected chi connectivity index (χ1v) is 5.97. The molecule has 0 aromatic carbocycles. The molecule has 0 saturated heterocycles. The molecule has 0 unspecified atom stereocenters. The predicted octanol–water partition coefficient (Wildman–Crippen LogP) is 1.66. The molecule has 1 heterocycles. The Hall–Kier alpha value is -1.36. The molecular formula is C12H22N4O. The smallest absolute Gasteiger partial charge is 0.225 e. The van der Waals surface area contributed by atoms with Crippen LogP contribution in [0.1, 0.15) is 27.2 Å². The summed E-state index contributed by atoms with van der Waals surface area (Å²) in [6.07, 6.45) is 2.66. The van der Waals surface area contributed by atoms with Gasteiger partial charge in [-0.2, -0.15) is 4.98 Å². The van der Waals surface area contributed by atoms with Gasteiger partial charge in [0.1, 0.15) is 0 Å². The Kier molecular flexibility index (Phi) is 5.15. The topological polar surface area (TPSA) is 73.1 Å². The van der Waals surface area contributed by atoms with E-state index in [9.17, 15) is 0 Å². The van der Waals surface area contributed by atoms with Crippen LogP contribution in [0.5, 0.6) is 5.88 Å². The van der Waals surface area contributed by atoms with Gasteiger partial charge in [-0.3, -0.25) is 0 Å². The lowest BCUT2D eigenvalue weighted by molar-refractivity contribution is 0.305. The van der Waals surface area contributed by atoms with E-state index in [0.717, 1.165) is 13.0 Å². The fourth-order valence-electron chi connectivity index (χ4n) is 1.10. The van der Waals surface area contributed by atoms with Crippen molar-refractivity contribution in [3.8, 4) is 5.88 Å². The Morgan fingerprint density at radius 1 is 1.47 bits per heavy atom. The highest BCUT2D eigenvalue weighted by Crippen LogP contribution is 2.14. The van der Waals surface area contributed by atoms with E-state index in [0.29, 0.717) is 25.0 Å². The van der Waals surface area contributed by atoms with Crippen LogP contribution in [-0.2, 0) is 0 Å². The fraction of sp³-hybridized carbons (Fsp3) is 0.667. The van der Waals surface area contributed by atoms with E-state index < -0.39 is 0 Å². The van der Waals surface area contributed by atoms with E-state index in [1.165, 1.54) is 0 Å². The van der Waals surface area contributed by atoms with Gasteiger partial charge in [-0.05, 0) is 18.4 Å². The summed E-state index contributed by atoms with van der Waals surface area (Å²) >= 11 is 0. The molecule has 0 aliphatic heterocycles. The molecule has 1 rings (SSSR count). The number of nitrogens with two attached hydrogens (primary N) is 1. The maximum absolute atomic E-state index is 5.66. The average molecular weight is 238 g/mol. The van der Waals surface area contributed by atoms with E-state index in [-0.39, 0.29) is 5.41 Å². The molecular weight excluding hydrogens is 216 g/mol. The van der Waals surface area contributed by atoms with Crippen molar-refractivity contribution in [1.82, 2.24) is 9.97 Å².